The highest BCUT2D eigenvalue weighted by atomic mass is 79.9. The van der Waals surface area contributed by atoms with Gasteiger partial charge >= 0.3 is 0 Å². The van der Waals surface area contributed by atoms with Crippen molar-refractivity contribution < 1.29 is 23.0 Å². The molecule has 7 heteroatoms. The molecule has 0 saturated heterocycles. The lowest BCUT2D eigenvalue weighted by atomic mass is 9.74. The molecule has 0 fully saturated rings. The minimum absolute atomic E-state index is 0.150. The van der Waals surface area contributed by atoms with Crippen molar-refractivity contribution >= 4 is 31.9 Å². The van der Waals surface area contributed by atoms with Gasteiger partial charge in [0.15, 0.2) is 23.1 Å². The lowest BCUT2D eigenvalue weighted by molar-refractivity contribution is -0.0753. The lowest BCUT2D eigenvalue weighted by Crippen LogP contribution is -2.46. The van der Waals surface area contributed by atoms with E-state index in [0.717, 1.165) is 42.3 Å². The molecule has 0 N–H and O–H groups in total. The second kappa shape index (κ2) is 17.2. The van der Waals surface area contributed by atoms with E-state index in [0.29, 0.717) is 24.3 Å². The molecule has 0 aliphatic rings. The van der Waals surface area contributed by atoms with Crippen molar-refractivity contribution in [2.24, 2.45) is 0 Å². The average Bonchev–Trinajstić information content (AvgIpc) is 3.16. The average molecular weight is 869 g/mol. The highest BCUT2D eigenvalue weighted by Crippen LogP contribution is 2.41. The Morgan fingerprint density at radius 3 is 1.25 bits per heavy atom. The summed E-state index contributed by atoms with van der Waals surface area (Å²) in [4.78, 5) is 0. The van der Waals surface area contributed by atoms with Crippen LogP contribution in [0.3, 0.4) is 0 Å². The minimum atomic E-state index is -0.530. The molecule has 0 heterocycles. The first-order chi connectivity index (χ1) is 26.2. The van der Waals surface area contributed by atoms with E-state index in [-0.39, 0.29) is 11.5 Å². The molecule has 3 nitrogen and oxygen atoms in total. The number of hydrogen-bond acceptors (Lipinski definition) is 3. The maximum absolute atomic E-state index is 15.2. The molecule has 2 unspecified atom stereocenters. The maximum Gasteiger partial charge on any atom is 0.165 e. The third-order valence-corrected chi connectivity index (χ3v) is 12.3. The van der Waals surface area contributed by atoms with Gasteiger partial charge in [-0.25, -0.2) is 8.78 Å². The molecule has 6 rings (SSSR count). The molecule has 6 aromatic carbocycles. The molecule has 0 saturated carbocycles. The van der Waals surface area contributed by atoms with Crippen LogP contribution < -0.4 is 9.47 Å². The normalized spacial score (nSPS) is 13.0. The molecule has 6 aromatic rings. The van der Waals surface area contributed by atoms with Gasteiger partial charge in [-0.2, -0.15) is 0 Å². The van der Waals surface area contributed by atoms with Crippen molar-refractivity contribution in [1.82, 2.24) is 0 Å². The van der Waals surface area contributed by atoms with Crippen molar-refractivity contribution in [2.75, 3.05) is 0 Å². The number of hydrogen-bond donors (Lipinski definition) is 0. The Bertz CT molecular complexity index is 2080. The predicted molar refractivity (Wildman–Crippen MR) is 226 cm³/mol. The molecule has 0 aliphatic heterocycles. The van der Waals surface area contributed by atoms with E-state index in [1.807, 2.05) is 36.4 Å². The van der Waals surface area contributed by atoms with Crippen LogP contribution in [0.25, 0.3) is 0 Å². The SMILES string of the molecule is Cc1ccc(C(C)(C)C(Cc2ccc(F)c(Oc3ccccc3)c2)OC(Cc2ccc(F)c(Oc3ccccc3)c2)C(C)(C)c2ccc(C)c(Br)c2)cc1Br. The molecule has 0 amide bonds. The van der Waals surface area contributed by atoms with E-state index in [1.54, 1.807) is 48.5 Å². The van der Waals surface area contributed by atoms with Crippen LogP contribution in [0.2, 0.25) is 0 Å². The molecule has 0 aromatic heterocycles. The number of para-hydroxylation sites is 2. The van der Waals surface area contributed by atoms with Crippen LogP contribution in [-0.4, -0.2) is 12.2 Å². The summed E-state index contributed by atoms with van der Waals surface area (Å²) in [7, 11) is 0. The third-order valence-electron chi connectivity index (χ3n) is 10.5. The topological polar surface area (TPSA) is 27.7 Å². The fraction of sp³-hybridized carbons (Fsp3) is 0.250. The Hall–Kier alpha value is -4.30. The van der Waals surface area contributed by atoms with Gasteiger partial charge in [0, 0.05) is 19.8 Å². The van der Waals surface area contributed by atoms with E-state index in [1.165, 1.54) is 12.1 Å². The third kappa shape index (κ3) is 9.75. The lowest BCUT2D eigenvalue weighted by Gasteiger charge is -2.43. The Morgan fingerprint density at radius 1 is 0.509 bits per heavy atom. The van der Waals surface area contributed by atoms with E-state index in [2.05, 4.69) is 110 Å². The van der Waals surface area contributed by atoms with Crippen LogP contribution in [-0.2, 0) is 28.4 Å². The highest BCUT2D eigenvalue weighted by Gasteiger charge is 2.40. The van der Waals surface area contributed by atoms with Gasteiger partial charge in [0.25, 0.3) is 0 Å². The maximum atomic E-state index is 15.2. The van der Waals surface area contributed by atoms with E-state index in [9.17, 15) is 0 Å². The molecule has 0 spiro atoms. The number of benzene rings is 6. The van der Waals surface area contributed by atoms with Crippen LogP contribution in [0.4, 0.5) is 8.78 Å². The van der Waals surface area contributed by atoms with E-state index < -0.39 is 34.7 Å². The summed E-state index contributed by atoms with van der Waals surface area (Å²) in [5.74, 6) is 0.518. The molecular formula is C48H46Br2F2O3. The number of rotatable bonds is 14. The molecule has 284 valence electrons. The van der Waals surface area contributed by atoms with Crippen molar-refractivity contribution in [3.05, 3.63) is 187 Å². The zero-order valence-corrected chi connectivity index (χ0v) is 35.2. The fourth-order valence-electron chi connectivity index (χ4n) is 6.67. The van der Waals surface area contributed by atoms with Crippen LogP contribution in [0.15, 0.2) is 142 Å². The summed E-state index contributed by atoms with van der Waals surface area (Å²) in [6.45, 7) is 12.9. The fourth-order valence-corrected chi connectivity index (χ4v) is 7.43. The van der Waals surface area contributed by atoms with Gasteiger partial charge in [-0.1, -0.05) is 132 Å². The first-order valence-electron chi connectivity index (χ1n) is 18.4. The van der Waals surface area contributed by atoms with Crippen molar-refractivity contribution in [2.45, 2.75) is 77.4 Å². The first kappa shape index (κ1) is 40.4. The van der Waals surface area contributed by atoms with Gasteiger partial charge in [0.05, 0.1) is 12.2 Å². The predicted octanol–water partition coefficient (Wildman–Crippen LogP) is 14.2. The number of ether oxygens (including phenoxy) is 3. The van der Waals surface area contributed by atoms with Crippen LogP contribution in [0, 0.1) is 25.5 Å². The zero-order valence-electron chi connectivity index (χ0n) is 32.0. The number of aryl methyl sites for hydroxylation is 2. The van der Waals surface area contributed by atoms with Gasteiger partial charge in [-0.05, 0) is 121 Å². The Morgan fingerprint density at radius 2 is 0.891 bits per heavy atom. The molecular weight excluding hydrogens is 822 g/mol. The van der Waals surface area contributed by atoms with Crippen molar-refractivity contribution in [3.8, 4) is 23.0 Å². The molecule has 2 atom stereocenters. The second-order valence-electron chi connectivity index (χ2n) is 15.3. The summed E-state index contributed by atoms with van der Waals surface area (Å²) in [6.07, 6.45) is 0.103. The Kier molecular flexibility index (Phi) is 12.6. The standard InChI is InChI=1S/C48H46Br2F2O3/c1-31-17-21-35(29-39(31)49)47(3,4)45(27-33-19-23-41(51)43(25-33)53-37-13-9-7-10-14-37)55-46(48(5,6)36-22-18-32(2)40(50)30-36)28-34-20-24-42(52)44(26-34)54-38-15-11-8-12-16-38/h7-26,29-30,45-46H,27-28H2,1-6H3. The first-order valence-corrected chi connectivity index (χ1v) is 20.0. The van der Waals surface area contributed by atoms with Gasteiger partial charge in [0.2, 0.25) is 0 Å². The summed E-state index contributed by atoms with van der Waals surface area (Å²) < 4.78 is 52.0. The molecule has 0 radical (unpaired) electrons. The van der Waals surface area contributed by atoms with Gasteiger partial charge < -0.3 is 14.2 Å². The van der Waals surface area contributed by atoms with Gasteiger partial charge in [0.1, 0.15) is 11.5 Å². The molecule has 55 heavy (non-hydrogen) atoms. The van der Waals surface area contributed by atoms with E-state index >= 15 is 8.78 Å². The van der Waals surface area contributed by atoms with Crippen LogP contribution >= 0.6 is 31.9 Å². The Balaban J connectivity index is 1.43. The summed E-state index contributed by atoms with van der Waals surface area (Å²) in [6, 6.07) is 41.3. The smallest absolute Gasteiger partial charge is 0.165 e. The largest absolute Gasteiger partial charge is 0.454 e. The second-order valence-corrected chi connectivity index (χ2v) is 17.0. The monoisotopic (exact) mass is 866 g/mol. The summed E-state index contributed by atoms with van der Waals surface area (Å²) in [5, 5.41) is 0. The quantitative estimate of drug-likeness (QED) is 0.109. The Labute approximate surface area is 341 Å². The molecule has 0 bridgehead atoms. The van der Waals surface area contributed by atoms with Crippen molar-refractivity contribution in [3.63, 3.8) is 0 Å². The minimum Gasteiger partial charge on any atom is -0.454 e. The summed E-state index contributed by atoms with van der Waals surface area (Å²) >= 11 is 7.53. The van der Waals surface area contributed by atoms with E-state index in [4.69, 9.17) is 14.2 Å². The van der Waals surface area contributed by atoms with Crippen LogP contribution in [0.5, 0.6) is 23.0 Å². The summed E-state index contributed by atoms with van der Waals surface area (Å²) in [5.41, 5.74) is 5.12. The van der Waals surface area contributed by atoms with Gasteiger partial charge in [-0.15, -0.1) is 0 Å². The number of halogens is 4. The zero-order chi connectivity index (χ0) is 39.3. The molecule has 0 aliphatic carbocycles. The van der Waals surface area contributed by atoms with Crippen molar-refractivity contribution in [1.29, 1.82) is 0 Å². The highest BCUT2D eigenvalue weighted by molar-refractivity contribution is 9.10. The van der Waals surface area contributed by atoms with Crippen LogP contribution in [0.1, 0.15) is 61.1 Å². The van der Waals surface area contributed by atoms with Gasteiger partial charge in [-0.3, -0.25) is 0 Å².